The number of fused-ring (bicyclic) bond motifs is 1. The molecule has 2 atom stereocenters. The molecule has 2 heterocycles. The molecule has 3 heteroatoms. The molecule has 0 saturated carbocycles. The van der Waals surface area contributed by atoms with E-state index in [1.54, 1.807) is 0 Å². The molecule has 2 aliphatic heterocycles. The van der Waals surface area contributed by atoms with Crippen LogP contribution in [0, 0.1) is 5.92 Å². The van der Waals surface area contributed by atoms with Gasteiger partial charge in [0.2, 0.25) is 5.91 Å². The molecule has 0 aromatic carbocycles. The van der Waals surface area contributed by atoms with Gasteiger partial charge in [0.05, 0.1) is 0 Å². The maximum atomic E-state index is 12.0. The molecule has 1 amide bonds. The van der Waals surface area contributed by atoms with Gasteiger partial charge in [-0.1, -0.05) is 6.08 Å². The third-order valence-electron chi connectivity index (χ3n) is 3.95. The molecule has 0 aromatic rings. The van der Waals surface area contributed by atoms with Gasteiger partial charge in [-0.3, -0.25) is 4.79 Å². The number of carbonyl (C=O) groups is 1. The van der Waals surface area contributed by atoms with Crippen LogP contribution < -0.4 is 5.32 Å². The van der Waals surface area contributed by atoms with Crippen molar-refractivity contribution in [3.05, 3.63) is 11.6 Å². The fraction of sp³-hybridized carbons (Fsp3) is 0.769. The van der Waals surface area contributed by atoms with Crippen molar-refractivity contribution in [1.29, 1.82) is 0 Å². The molecular formula is C13H22N2O. The minimum atomic E-state index is 0.228. The Hall–Kier alpha value is -0.830. The summed E-state index contributed by atoms with van der Waals surface area (Å²) in [5.74, 6) is 0.905. The summed E-state index contributed by atoms with van der Waals surface area (Å²) in [5.41, 5.74) is 0.877. The second-order valence-electron chi connectivity index (χ2n) is 4.97. The molecule has 16 heavy (non-hydrogen) atoms. The van der Waals surface area contributed by atoms with Gasteiger partial charge in [-0.2, -0.15) is 0 Å². The van der Waals surface area contributed by atoms with E-state index in [0.29, 0.717) is 12.0 Å². The summed E-state index contributed by atoms with van der Waals surface area (Å²) in [6.45, 7) is 6.86. The zero-order valence-corrected chi connectivity index (χ0v) is 10.3. The molecule has 0 radical (unpaired) electrons. The van der Waals surface area contributed by atoms with Crippen molar-refractivity contribution in [1.82, 2.24) is 10.2 Å². The van der Waals surface area contributed by atoms with Crippen LogP contribution >= 0.6 is 0 Å². The zero-order valence-electron chi connectivity index (χ0n) is 10.3. The molecule has 3 nitrogen and oxygen atoms in total. The molecule has 2 fully saturated rings. The molecule has 2 rings (SSSR count). The van der Waals surface area contributed by atoms with E-state index in [1.165, 1.54) is 12.8 Å². The summed E-state index contributed by atoms with van der Waals surface area (Å²) in [6.07, 6.45) is 5.56. The Bertz CT molecular complexity index is 298. The lowest BCUT2D eigenvalue weighted by Crippen LogP contribution is -2.53. The predicted octanol–water partition coefficient (Wildman–Crippen LogP) is 1.55. The predicted molar refractivity (Wildman–Crippen MR) is 65.1 cm³/mol. The molecular weight excluding hydrogens is 200 g/mol. The number of amides is 1. The lowest BCUT2D eigenvalue weighted by Gasteiger charge is -2.41. The maximum absolute atomic E-state index is 12.0. The number of allylic oxidation sites excluding steroid dienone is 1. The van der Waals surface area contributed by atoms with Crippen LogP contribution in [-0.4, -0.2) is 36.5 Å². The van der Waals surface area contributed by atoms with Gasteiger partial charge in [0.15, 0.2) is 0 Å². The molecule has 90 valence electrons. The smallest absolute Gasteiger partial charge is 0.249 e. The third kappa shape index (κ3) is 2.29. The van der Waals surface area contributed by atoms with Crippen molar-refractivity contribution in [3.8, 4) is 0 Å². The van der Waals surface area contributed by atoms with Crippen molar-refractivity contribution in [3.63, 3.8) is 0 Å². The van der Waals surface area contributed by atoms with E-state index in [2.05, 4.69) is 5.32 Å². The molecule has 0 unspecified atom stereocenters. The lowest BCUT2D eigenvalue weighted by molar-refractivity contribution is -0.129. The molecule has 2 saturated heterocycles. The van der Waals surface area contributed by atoms with E-state index in [9.17, 15) is 4.79 Å². The zero-order chi connectivity index (χ0) is 11.5. The molecule has 2 aliphatic rings. The van der Waals surface area contributed by atoms with Crippen molar-refractivity contribution >= 4 is 5.91 Å². The summed E-state index contributed by atoms with van der Waals surface area (Å²) in [5, 5.41) is 3.57. The fourth-order valence-corrected chi connectivity index (χ4v) is 2.80. The Morgan fingerprint density at radius 2 is 2.25 bits per heavy atom. The van der Waals surface area contributed by atoms with Crippen LogP contribution in [0.25, 0.3) is 0 Å². The normalized spacial score (nSPS) is 31.1. The maximum Gasteiger partial charge on any atom is 0.249 e. The minimum Gasteiger partial charge on any atom is -0.339 e. The summed E-state index contributed by atoms with van der Waals surface area (Å²) >= 11 is 0. The number of piperidine rings is 2. The van der Waals surface area contributed by atoms with Crippen LogP contribution in [0.5, 0.6) is 0 Å². The van der Waals surface area contributed by atoms with Crippen LogP contribution in [0.1, 0.15) is 33.1 Å². The number of carbonyl (C=O) groups excluding carboxylic acids is 1. The largest absolute Gasteiger partial charge is 0.339 e. The fourth-order valence-electron chi connectivity index (χ4n) is 2.80. The van der Waals surface area contributed by atoms with Crippen LogP contribution in [0.15, 0.2) is 11.6 Å². The third-order valence-corrected chi connectivity index (χ3v) is 3.95. The van der Waals surface area contributed by atoms with Gasteiger partial charge in [0.1, 0.15) is 0 Å². The summed E-state index contributed by atoms with van der Waals surface area (Å²) in [6, 6.07) is 0.656. The monoisotopic (exact) mass is 222 g/mol. The van der Waals surface area contributed by atoms with Gasteiger partial charge in [-0.05, 0) is 45.6 Å². The van der Waals surface area contributed by atoms with Crippen LogP contribution in [0.4, 0.5) is 0 Å². The number of hydrogen-bond acceptors (Lipinski definition) is 2. The highest BCUT2D eigenvalue weighted by atomic mass is 16.2. The number of hydrogen-bond donors (Lipinski definition) is 1. The molecule has 0 aromatic heterocycles. The summed E-state index contributed by atoms with van der Waals surface area (Å²) in [4.78, 5) is 14.1. The average molecular weight is 222 g/mol. The highest BCUT2D eigenvalue weighted by molar-refractivity contribution is 5.92. The van der Waals surface area contributed by atoms with E-state index in [4.69, 9.17) is 0 Å². The topological polar surface area (TPSA) is 32.3 Å². The summed E-state index contributed by atoms with van der Waals surface area (Å²) in [7, 11) is 0. The molecule has 0 aliphatic carbocycles. The van der Waals surface area contributed by atoms with Gasteiger partial charge >= 0.3 is 0 Å². The highest BCUT2D eigenvalue weighted by Crippen LogP contribution is 2.25. The van der Waals surface area contributed by atoms with E-state index in [0.717, 1.165) is 31.6 Å². The van der Waals surface area contributed by atoms with Gasteiger partial charge < -0.3 is 10.2 Å². The molecule has 0 bridgehead atoms. The van der Waals surface area contributed by atoms with E-state index < -0.39 is 0 Å². The quantitative estimate of drug-likeness (QED) is 0.683. The number of likely N-dealkylation sites (tertiary alicyclic amines) is 1. The lowest BCUT2D eigenvalue weighted by atomic mass is 9.85. The first kappa shape index (κ1) is 11.6. The van der Waals surface area contributed by atoms with Crippen molar-refractivity contribution in [2.24, 2.45) is 5.92 Å². The SMILES string of the molecule is CC=C(C)C(=O)N1CC[C@H]2NCCC[C@@H]2C1. The average Bonchev–Trinajstić information content (AvgIpc) is 2.36. The number of rotatable bonds is 1. The Morgan fingerprint density at radius 1 is 1.44 bits per heavy atom. The van der Waals surface area contributed by atoms with Crippen molar-refractivity contribution in [2.75, 3.05) is 19.6 Å². The van der Waals surface area contributed by atoms with E-state index in [-0.39, 0.29) is 5.91 Å². The number of nitrogens with one attached hydrogen (secondary N) is 1. The van der Waals surface area contributed by atoms with E-state index >= 15 is 0 Å². The Morgan fingerprint density at radius 3 is 3.00 bits per heavy atom. The highest BCUT2D eigenvalue weighted by Gasteiger charge is 2.32. The first-order valence-corrected chi connectivity index (χ1v) is 6.38. The molecule has 0 spiro atoms. The standard InChI is InChI=1S/C13H22N2O/c1-3-10(2)13(16)15-8-6-12-11(9-15)5-4-7-14-12/h3,11-12,14H,4-9H2,1-2H3/t11-,12-/m1/s1. The Kier molecular flexibility index (Phi) is 3.64. The Labute approximate surface area is 97.9 Å². The Balaban J connectivity index is 1.97. The van der Waals surface area contributed by atoms with Gasteiger partial charge in [-0.25, -0.2) is 0 Å². The van der Waals surface area contributed by atoms with Crippen LogP contribution in [-0.2, 0) is 4.79 Å². The second-order valence-corrected chi connectivity index (χ2v) is 4.97. The first-order valence-electron chi connectivity index (χ1n) is 6.38. The van der Waals surface area contributed by atoms with Crippen molar-refractivity contribution < 1.29 is 4.79 Å². The van der Waals surface area contributed by atoms with Gasteiger partial charge in [-0.15, -0.1) is 0 Å². The first-order chi connectivity index (χ1) is 7.72. The summed E-state index contributed by atoms with van der Waals surface area (Å²) < 4.78 is 0. The second kappa shape index (κ2) is 5.00. The van der Waals surface area contributed by atoms with Gasteiger partial charge in [0, 0.05) is 24.7 Å². The minimum absolute atomic E-state index is 0.228. The van der Waals surface area contributed by atoms with E-state index in [1.807, 2.05) is 24.8 Å². The molecule has 1 N–H and O–H groups in total. The van der Waals surface area contributed by atoms with Gasteiger partial charge in [0.25, 0.3) is 0 Å². The van der Waals surface area contributed by atoms with Crippen LogP contribution in [0.3, 0.4) is 0 Å². The number of nitrogens with zero attached hydrogens (tertiary/aromatic N) is 1. The van der Waals surface area contributed by atoms with Crippen molar-refractivity contribution in [2.45, 2.75) is 39.2 Å². The van der Waals surface area contributed by atoms with Crippen LogP contribution in [0.2, 0.25) is 0 Å².